The Morgan fingerprint density at radius 2 is 1.96 bits per heavy atom. The highest BCUT2D eigenvalue weighted by atomic mass is 19.1. The van der Waals surface area contributed by atoms with E-state index in [1.807, 2.05) is 11.0 Å². The van der Waals surface area contributed by atoms with Crippen LogP contribution in [0.25, 0.3) is 0 Å². The SMILES string of the molecule is CNc1cc(N2CC(F)C2)c(C(=O)NC2CCCCC2)cc1N. The Balaban J connectivity index is 1.83. The van der Waals surface area contributed by atoms with E-state index in [1.54, 1.807) is 13.1 Å². The first-order valence-corrected chi connectivity index (χ1v) is 8.39. The molecule has 1 aromatic carbocycles. The molecular weight excluding hydrogens is 295 g/mol. The van der Waals surface area contributed by atoms with E-state index in [4.69, 9.17) is 5.73 Å². The van der Waals surface area contributed by atoms with Crippen LogP contribution in [0.3, 0.4) is 0 Å². The van der Waals surface area contributed by atoms with Gasteiger partial charge in [0.2, 0.25) is 0 Å². The second-order valence-corrected chi connectivity index (χ2v) is 6.52. The summed E-state index contributed by atoms with van der Waals surface area (Å²) in [4.78, 5) is 14.6. The fraction of sp³-hybridized carbons (Fsp3) is 0.588. The highest BCUT2D eigenvalue weighted by Crippen LogP contribution is 2.33. The summed E-state index contributed by atoms with van der Waals surface area (Å²) in [5, 5.41) is 6.14. The van der Waals surface area contributed by atoms with Gasteiger partial charge in [0.1, 0.15) is 6.17 Å². The number of nitrogens with zero attached hydrogens (tertiary/aromatic N) is 1. The maximum absolute atomic E-state index is 13.2. The van der Waals surface area contributed by atoms with Crippen molar-refractivity contribution in [2.75, 3.05) is 36.1 Å². The normalized spacial score (nSPS) is 19.3. The number of carbonyl (C=O) groups is 1. The lowest BCUT2D eigenvalue weighted by Gasteiger charge is -2.38. The smallest absolute Gasteiger partial charge is 0.253 e. The van der Waals surface area contributed by atoms with Crippen molar-refractivity contribution in [2.24, 2.45) is 0 Å². The molecule has 3 rings (SSSR count). The molecule has 1 saturated heterocycles. The third-order valence-corrected chi connectivity index (χ3v) is 4.80. The van der Waals surface area contributed by atoms with Crippen molar-refractivity contribution in [3.05, 3.63) is 17.7 Å². The monoisotopic (exact) mass is 320 g/mol. The van der Waals surface area contributed by atoms with E-state index in [0.29, 0.717) is 24.3 Å². The van der Waals surface area contributed by atoms with Crippen molar-refractivity contribution in [1.29, 1.82) is 0 Å². The second-order valence-electron chi connectivity index (χ2n) is 6.52. The van der Waals surface area contributed by atoms with Crippen LogP contribution in [0.2, 0.25) is 0 Å². The molecule has 0 bridgehead atoms. The highest BCUT2D eigenvalue weighted by Gasteiger charge is 2.30. The van der Waals surface area contributed by atoms with Gasteiger partial charge in [-0.2, -0.15) is 0 Å². The lowest BCUT2D eigenvalue weighted by molar-refractivity contribution is 0.0927. The van der Waals surface area contributed by atoms with Crippen LogP contribution >= 0.6 is 0 Å². The summed E-state index contributed by atoms with van der Waals surface area (Å²) in [7, 11) is 1.78. The molecule has 2 fully saturated rings. The molecule has 6 heteroatoms. The Labute approximate surface area is 136 Å². The van der Waals surface area contributed by atoms with E-state index in [0.717, 1.165) is 37.1 Å². The number of amides is 1. The van der Waals surface area contributed by atoms with E-state index in [2.05, 4.69) is 10.6 Å². The molecule has 0 aromatic heterocycles. The van der Waals surface area contributed by atoms with Crippen molar-refractivity contribution < 1.29 is 9.18 Å². The van der Waals surface area contributed by atoms with Gasteiger partial charge in [0.25, 0.3) is 5.91 Å². The Kier molecular flexibility index (Phi) is 4.59. The Bertz CT molecular complexity index is 580. The van der Waals surface area contributed by atoms with Crippen molar-refractivity contribution in [3.63, 3.8) is 0 Å². The number of halogens is 1. The van der Waals surface area contributed by atoms with Crippen molar-refractivity contribution in [3.8, 4) is 0 Å². The molecule has 0 atom stereocenters. The molecule has 1 aliphatic carbocycles. The first kappa shape index (κ1) is 15.9. The van der Waals surface area contributed by atoms with Crippen LogP contribution in [0.5, 0.6) is 0 Å². The molecule has 5 nitrogen and oxygen atoms in total. The number of anilines is 3. The Hall–Kier alpha value is -1.98. The van der Waals surface area contributed by atoms with Gasteiger partial charge in [-0.1, -0.05) is 19.3 Å². The number of carbonyl (C=O) groups excluding carboxylic acids is 1. The largest absolute Gasteiger partial charge is 0.397 e. The molecule has 0 radical (unpaired) electrons. The quantitative estimate of drug-likeness (QED) is 0.746. The van der Waals surface area contributed by atoms with Crippen molar-refractivity contribution in [2.45, 2.75) is 44.3 Å². The first-order valence-electron chi connectivity index (χ1n) is 8.39. The third-order valence-electron chi connectivity index (χ3n) is 4.80. The molecule has 23 heavy (non-hydrogen) atoms. The minimum absolute atomic E-state index is 0.108. The van der Waals surface area contributed by atoms with Gasteiger partial charge in [0, 0.05) is 13.1 Å². The zero-order chi connectivity index (χ0) is 16.4. The van der Waals surface area contributed by atoms with Gasteiger partial charge in [-0.15, -0.1) is 0 Å². The number of hydrogen-bond donors (Lipinski definition) is 3. The third kappa shape index (κ3) is 3.35. The first-order chi connectivity index (χ1) is 11.1. The minimum Gasteiger partial charge on any atom is -0.397 e. The predicted molar refractivity (Wildman–Crippen MR) is 91.8 cm³/mol. The van der Waals surface area contributed by atoms with Gasteiger partial charge in [-0.25, -0.2) is 4.39 Å². The highest BCUT2D eigenvalue weighted by molar-refractivity contribution is 6.02. The average molecular weight is 320 g/mol. The summed E-state index contributed by atoms with van der Waals surface area (Å²) >= 11 is 0. The van der Waals surface area contributed by atoms with Crippen LogP contribution < -0.4 is 21.3 Å². The standard InChI is InChI=1S/C17H25FN4O/c1-20-15-8-16(22-9-11(18)10-22)13(7-14(15)19)17(23)21-12-5-3-2-4-6-12/h7-8,11-12,20H,2-6,9-10,19H2,1H3,(H,21,23). The van der Waals surface area contributed by atoms with Crippen LogP contribution in [0, 0.1) is 0 Å². The maximum Gasteiger partial charge on any atom is 0.253 e. The van der Waals surface area contributed by atoms with Gasteiger partial charge in [0.05, 0.1) is 35.7 Å². The number of alkyl halides is 1. The molecular formula is C17H25FN4O. The second kappa shape index (κ2) is 6.64. The molecule has 1 heterocycles. The van der Waals surface area contributed by atoms with Gasteiger partial charge in [-0.3, -0.25) is 4.79 Å². The van der Waals surface area contributed by atoms with Gasteiger partial charge in [0.15, 0.2) is 0 Å². The molecule has 4 N–H and O–H groups in total. The fourth-order valence-corrected chi connectivity index (χ4v) is 3.40. The van der Waals surface area contributed by atoms with Crippen molar-refractivity contribution >= 4 is 23.0 Å². The van der Waals surface area contributed by atoms with E-state index < -0.39 is 6.17 Å². The summed E-state index contributed by atoms with van der Waals surface area (Å²) < 4.78 is 13.2. The van der Waals surface area contributed by atoms with Gasteiger partial charge >= 0.3 is 0 Å². The molecule has 0 spiro atoms. The number of hydrogen-bond acceptors (Lipinski definition) is 4. The van der Waals surface area contributed by atoms with Crippen LogP contribution in [-0.2, 0) is 0 Å². The molecule has 1 saturated carbocycles. The lowest BCUT2D eigenvalue weighted by Crippen LogP contribution is -2.49. The fourth-order valence-electron chi connectivity index (χ4n) is 3.40. The Morgan fingerprint density at radius 1 is 1.26 bits per heavy atom. The zero-order valence-electron chi connectivity index (χ0n) is 13.6. The summed E-state index contributed by atoms with van der Waals surface area (Å²) in [5.74, 6) is -0.108. The van der Waals surface area contributed by atoms with Gasteiger partial charge < -0.3 is 21.3 Å². The van der Waals surface area contributed by atoms with Crippen LogP contribution in [0.4, 0.5) is 21.5 Å². The molecule has 2 aliphatic rings. The molecule has 1 aromatic rings. The topological polar surface area (TPSA) is 70.4 Å². The number of nitrogens with one attached hydrogen (secondary N) is 2. The number of rotatable bonds is 4. The van der Waals surface area contributed by atoms with Crippen LogP contribution in [-0.4, -0.2) is 38.3 Å². The molecule has 1 aliphatic heterocycles. The van der Waals surface area contributed by atoms with E-state index in [9.17, 15) is 9.18 Å². The average Bonchev–Trinajstić information content (AvgIpc) is 2.53. The van der Waals surface area contributed by atoms with E-state index in [-0.39, 0.29) is 11.9 Å². The summed E-state index contributed by atoms with van der Waals surface area (Å²) in [6.45, 7) is 0.660. The number of nitrogens with two attached hydrogens (primary N) is 1. The van der Waals surface area contributed by atoms with Gasteiger partial charge in [-0.05, 0) is 25.0 Å². The number of nitrogen functional groups attached to an aromatic ring is 1. The van der Waals surface area contributed by atoms with Crippen LogP contribution in [0.15, 0.2) is 12.1 Å². The molecule has 0 unspecified atom stereocenters. The van der Waals surface area contributed by atoms with E-state index >= 15 is 0 Å². The lowest BCUT2D eigenvalue weighted by atomic mass is 9.95. The molecule has 1 amide bonds. The Morgan fingerprint density at radius 3 is 2.57 bits per heavy atom. The number of benzene rings is 1. The van der Waals surface area contributed by atoms with E-state index in [1.165, 1.54) is 6.42 Å². The van der Waals surface area contributed by atoms with Crippen LogP contribution in [0.1, 0.15) is 42.5 Å². The summed E-state index contributed by atoms with van der Waals surface area (Å²) in [5.41, 5.74) is 8.61. The zero-order valence-corrected chi connectivity index (χ0v) is 13.6. The summed E-state index contributed by atoms with van der Waals surface area (Å²) in [6.07, 6.45) is 4.80. The maximum atomic E-state index is 13.2. The molecule has 126 valence electrons. The minimum atomic E-state index is -0.820. The summed E-state index contributed by atoms with van der Waals surface area (Å²) in [6, 6.07) is 3.78. The predicted octanol–water partition coefficient (Wildman–Crippen LogP) is 2.53. The van der Waals surface area contributed by atoms with Crippen molar-refractivity contribution in [1.82, 2.24) is 5.32 Å².